The molecule has 9 heteroatoms. The zero-order valence-electron chi connectivity index (χ0n) is 15.7. The number of primary amides is 1. The normalized spacial score (nSPS) is 14.9. The van der Waals surface area contributed by atoms with Gasteiger partial charge < -0.3 is 15.5 Å². The summed E-state index contributed by atoms with van der Waals surface area (Å²) in [5.74, 6) is -2.86. The molecule has 1 aliphatic heterocycles. The van der Waals surface area contributed by atoms with E-state index in [1.165, 1.54) is 0 Å². The van der Waals surface area contributed by atoms with Gasteiger partial charge in [-0.3, -0.25) is 14.5 Å². The Morgan fingerprint density at radius 3 is 2.66 bits per heavy atom. The summed E-state index contributed by atoms with van der Waals surface area (Å²) in [7, 11) is 0. The molecule has 29 heavy (non-hydrogen) atoms. The van der Waals surface area contributed by atoms with E-state index < -0.39 is 17.5 Å². The highest BCUT2D eigenvalue weighted by Gasteiger charge is 2.25. The number of pyridine rings is 1. The number of hydrogen-bond donors (Lipinski definition) is 2. The number of aryl methyl sites for hydroxylation is 1. The standard InChI is InChI=1S/C20H19F2N5O2/c1-11-2-4-27-15(9-26-5-3-24-17(28)10-26)19(25-16(27)6-11)18-13(21)7-12(20(23)29)8-14(18)22/h2,4,6-8H,3,5,9-10H2,1H3,(H2,23,29)(H,24,28). The van der Waals surface area contributed by atoms with Crippen molar-refractivity contribution in [3.63, 3.8) is 0 Å². The Kier molecular flexibility index (Phi) is 4.75. The molecule has 1 aromatic carbocycles. The number of piperazine rings is 1. The molecular weight excluding hydrogens is 380 g/mol. The molecule has 0 spiro atoms. The second-order valence-electron chi connectivity index (χ2n) is 7.08. The Morgan fingerprint density at radius 1 is 1.28 bits per heavy atom. The zero-order chi connectivity index (χ0) is 20.7. The number of carbonyl (C=O) groups excluding carboxylic acids is 2. The maximum Gasteiger partial charge on any atom is 0.248 e. The number of fused-ring (bicyclic) bond motifs is 1. The Balaban J connectivity index is 1.88. The Morgan fingerprint density at radius 2 is 2.00 bits per heavy atom. The molecule has 1 fully saturated rings. The lowest BCUT2D eigenvalue weighted by molar-refractivity contribution is -0.124. The van der Waals surface area contributed by atoms with Crippen molar-refractivity contribution in [2.24, 2.45) is 5.73 Å². The fourth-order valence-corrected chi connectivity index (χ4v) is 3.53. The fraction of sp³-hybridized carbons (Fsp3) is 0.250. The predicted molar refractivity (Wildman–Crippen MR) is 102 cm³/mol. The first-order chi connectivity index (χ1) is 13.8. The van der Waals surface area contributed by atoms with Gasteiger partial charge in [0.15, 0.2) is 0 Å². The van der Waals surface area contributed by atoms with Crippen molar-refractivity contribution in [2.75, 3.05) is 19.6 Å². The Labute approximate surface area is 165 Å². The third-order valence-corrected chi connectivity index (χ3v) is 4.93. The van der Waals surface area contributed by atoms with Crippen LogP contribution in [0.15, 0.2) is 30.5 Å². The topological polar surface area (TPSA) is 92.7 Å². The Hall–Kier alpha value is -3.33. The van der Waals surface area contributed by atoms with Gasteiger partial charge in [-0.2, -0.15) is 0 Å². The summed E-state index contributed by atoms with van der Waals surface area (Å²) in [6.07, 6.45) is 1.79. The van der Waals surface area contributed by atoms with Crippen LogP contribution < -0.4 is 11.1 Å². The minimum atomic E-state index is -0.920. The van der Waals surface area contributed by atoms with E-state index in [0.717, 1.165) is 17.7 Å². The van der Waals surface area contributed by atoms with Crippen LogP contribution in [0.4, 0.5) is 8.78 Å². The van der Waals surface area contributed by atoms with Gasteiger partial charge in [-0.15, -0.1) is 0 Å². The molecule has 0 bridgehead atoms. The lowest BCUT2D eigenvalue weighted by atomic mass is 10.0. The molecule has 1 aliphatic rings. The average molecular weight is 399 g/mol. The van der Waals surface area contributed by atoms with Gasteiger partial charge in [-0.25, -0.2) is 13.8 Å². The summed E-state index contributed by atoms with van der Waals surface area (Å²) in [6, 6.07) is 5.50. The van der Waals surface area contributed by atoms with Crippen molar-refractivity contribution in [1.82, 2.24) is 19.6 Å². The number of carbonyl (C=O) groups is 2. The number of rotatable bonds is 4. The number of nitrogens with zero attached hydrogens (tertiary/aromatic N) is 3. The largest absolute Gasteiger partial charge is 0.366 e. The first-order valence-corrected chi connectivity index (χ1v) is 9.09. The highest BCUT2D eigenvalue weighted by molar-refractivity contribution is 5.93. The Bertz CT molecular complexity index is 1120. The molecule has 3 N–H and O–H groups in total. The van der Waals surface area contributed by atoms with Crippen molar-refractivity contribution < 1.29 is 18.4 Å². The van der Waals surface area contributed by atoms with E-state index >= 15 is 0 Å². The number of nitrogens with one attached hydrogen (secondary N) is 1. The number of amides is 2. The first-order valence-electron chi connectivity index (χ1n) is 9.09. The molecular formula is C20H19F2N5O2. The predicted octanol–water partition coefficient (Wildman–Crippen LogP) is 1.62. The fourth-order valence-electron chi connectivity index (χ4n) is 3.53. The number of aromatic nitrogens is 2. The van der Waals surface area contributed by atoms with Gasteiger partial charge >= 0.3 is 0 Å². The van der Waals surface area contributed by atoms with Gasteiger partial charge in [0.2, 0.25) is 11.8 Å². The quantitative estimate of drug-likeness (QED) is 0.697. The molecule has 3 heterocycles. The van der Waals surface area contributed by atoms with Crippen LogP contribution in [0.2, 0.25) is 0 Å². The molecule has 2 aromatic heterocycles. The summed E-state index contributed by atoms with van der Waals surface area (Å²) in [4.78, 5) is 29.4. The van der Waals surface area contributed by atoms with Crippen LogP contribution in [0, 0.1) is 18.6 Å². The summed E-state index contributed by atoms with van der Waals surface area (Å²) in [5, 5.41) is 2.75. The van der Waals surface area contributed by atoms with Crippen LogP contribution >= 0.6 is 0 Å². The van der Waals surface area contributed by atoms with E-state index in [9.17, 15) is 18.4 Å². The molecule has 0 saturated carbocycles. The molecule has 1 saturated heterocycles. The van der Waals surface area contributed by atoms with E-state index in [1.807, 2.05) is 24.0 Å². The summed E-state index contributed by atoms with van der Waals surface area (Å²) >= 11 is 0. The monoisotopic (exact) mass is 399 g/mol. The van der Waals surface area contributed by atoms with Gasteiger partial charge in [0, 0.05) is 31.4 Å². The SMILES string of the molecule is Cc1ccn2c(CN3CCNC(=O)C3)c(-c3c(F)cc(C(N)=O)cc3F)nc2c1. The third kappa shape index (κ3) is 3.56. The third-order valence-electron chi connectivity index (χ3n) is 4.93. The second kappa shape index (κ2) is 7.25. The first kappa shape index (κ1) is 19.0. The molecule has 4 rings (SSSR count). The van der Waals surface area contributed by atoms with Gasteiger partial charge in [-0.1, -0.05) is 0 Å². The number of nitrogens with two attached hydrogens (primary N) is 1. The van der Waals surface area contributed by atoms with Crippen molar-refractivity contribution in [3.8, 4) is 11.3 Å². The van der Waals surface area contributed by atoms with Gasteiger partial charge in [-0.05, 0) is 36.8 Å². The molecule has 0 atom stereocenters. The van der Waals surface area contributed by atoms with Crippen LogP contribution in [-0.2, 0) is 11.3 Å². The van der Waals surface area contributed by atoms with Gasteiger partial charge in [0.25, 0.3) is 0 Å². The molecule has 0 radical (unpaired) electrons. The molecule has 0 aliphatic carbocycles. The lowest BCUT2D eigenvalue weighted by Gasteiger charge is -2.26. The number of halogens is 2. The number of benzene rings is 1. The minimum absolute atomic E-state index is 0.106. The summed E-state index contributed by atoms with van der Waals surface area (Å²) in [6.45, 7) is 3.47. The number of imidazole rings is 1. The van der Waals surface area contributed by atoms with Crippen molar-refractivity contribution in [2.45, 2.75) is 13.5 Å². The van der Waals surface area contributed by atoms with E-state index in [2.05, 4.69) is 10.3 Å². The molecule has 2 amide bonds. The van der Waals surface area contributed by atoms with Crippen LogP contribution in [0.5, 0.6) is 0 Å². The van der Waals surface area contributed by atoms with Crippen LogP contribution in [0.25, 0.3) is 16.9 Å². The molecule has 150 valence electrons. The maximum atomic E-state index is 14.8. The van der Waals surface area contributed by atoms with Crippen LogP contribution in [0.1, 0.15) is 21.6 Å². The maximum absolute atomic E-state index is 14.8. The van der Waals surface area contributed by atoms with Gasteiger partial charge in [0.1, 0.15) is 17.3 Å². The lowest BCUT2D eigenvalue weighted by Crippen LogP contribution is -2.47. The van der Waals surface area contributed by atoms with E-state index in [0.29, 0.717) is 24.4 Å². The number of hydrogen-bond acceptors (Lipinski definition) is 4. The second-order valence-corrected chi connectivity index (χ2v) is 7.08. The minimum Gasteiger partial charge on any atom is -0.366 e. The molecule has 0 unspecified atom stereocenters. The zero-order valence-corrected chi connectivity index (χ0v) is 15.7. The van der Waals surface area contributed by atoms with Crippen molar-refractivity contribution >= 4 is 17.5 Å². The summed E-state index contributed by atoms with van der Waals surface area (Å²) < 4.78 is 31.4. The highest BCUT2D eigenvalue weighted by Crippen LogP contribution is 2.31. The smallest absolute Gasteiger partial charge is 0.248 e. The van der Waals surface area contributed by atoms with Crippen molar-refractivity contribution in [1.29, 1.82) is 0 Å². The van der Waals surface area contributed by atoms with Crippen LogP contribution in [-0.4, -0.2) is 45.7 Å². The van der Waals surface area contributed by atoms with Gasteiger partial charge in [0.05, 0.1) is 23.5 Å². The summed E-state index contributed by atoms with van der Waals surface area (Å²) in [5.41, 5.74) is 6.74. The van der Waals surface area contributed by atoms with E-state index in [-0.39, 0.29) is 35.8 Å². The van der Waals surface area contributed by atoms with Crippen LogP contribution in [0.3, 0.4) is 0 Å². The molecule has 7 nitrogen and oxygen atoms in total. The van der Waals surface area contributed by atoms with Crippen molar-refractivity contribution in [3.05, 3.63) is 58.9 Å². The average Bonchev–Trinajstić information content (AvgIpc) is 2.98. The van der Waals surface area contributed by atoms with E-state index in [4.69, 9.17) is 5.73 Å². The molecule has 3 aromatic rings. The highest BCUT2D eigenvalue weighted by atomic mass is 19.1. The van der Waals surface area contributed by atoms with E-state index in [1.54, 1.807) is 10.6 Å².